The van der Waals surface area contributed by atoms with Crippen molar-refractivity contribution in [2.24, 2.45) is 0 Å². The van der Waals surface area contributed by atoms with Gasteiger partial charge in [0.2, 0.25) is 0 Å². The Bertz CT molecular complexity index is 687. The number of anilines is 1. The van der Waals surface area contributed by atoms with E-state index in [2.05, 4.69) is 15.6 Å². The van der Waals surface area contributed by atoms with Gasteiger partial charge in [0.1, 0.15) is 5.82 Å². The van der Waals surface area contributed by atoms with Crippen molar-refractivity contribution in [3.63, 3.8) is 0 Å². The second-order valence-electron chi connectivity index (χ2n) is 4.16. The quantitative estimate of drug-likeness (QED) is 0.809. The molecule has 1 heterocycles. The van der Waals surface area contributed by atoms with Crippen LogP contribution in [-0.4, -0.2) is 22.1 Å². The molecular formula is C13H12FN3O3S. The highest BCUT2D eigenvalue weighted by Gasteiger charge is 2.13. The summed E-state index contributed by atoms with van der Waals surface area (Å²) < 4.78 is 13.0. The number of carboxylic acids is 1. The normalized spacial score (nSPS) is 10.2. The molecule has 1 aromatic heterocycles. The lowest BCUT2D eigenvalue weighted by Crippen LogP contribution is -2.28. The number of aromatic carboxylic acids is 1. The van der Waals surface area contributed by atoms with E-state index >= 15 is 0 Å². The third kappa shape index (κ3) is 3.76. The highest BCUT2D eigenvalue weighted by atomic mass is 32.1. The number of nitrogens with zero attached hydrogens (tertiary/aromatic N) is 1. The molecule has 0 aliphatic carbocycles. The Morgan fingerprint density at radius 1 is 1.43 bits per heavy atom. The van der Waals surface area contributed by atoms with E-state index < -0.39 is 17.8 Å². The summed E-state index contributed by atoms with van der Waals surface area (Å²) in [5.41, 5.74) is 2.22. The fraction of sp³-hybridized carbons (Fsp3) is 0.154. The average molecular weight is 309 g/mol. The van der Waals surface area contributed by atoms with E-state index in [9.17, 15) is 14.0 Å². The molecule has 0 radical (unpaired) electrons. The van der Waals surface area contributed by atoms with Gasteiger partial charge in [0.15, 0.2) is 0 Å². The van der Waals surface area contributed by atoms with Crippen LogP contribution in [0, 0.1) is 12.7 Å². The van der Waals surface area contributed by atoms with E-state index in [1.165, 1.54) is 17.4 Å². The maximum absolute atomic E-state index is 13.0. The monoisotopic (exact) mass is 309 g/mol. The van der Waals surface area contributed by atoms with Crippen LogP contribution in [0.2, 0.25) is 0 Å². The average Bonchev–Trinajstić information content (AvgIpc) is 2.84. The van der Waals surface area contributed by atoms with Crippen LogP contribution in [0.15, 0.2) is 23.7 Å². The zero-order valence-corrected chi connectivity index (χ0v) is 11.8. The van der Waals surface area contributed by atoms with E-state index in [-0.39, 0.29) is 17.8 Å². The molecule has 110 valence electrons. The summed E-state index contributed by atoms with van der Waals surface area (Å²) >= 11 is 1.41. The number of aryl methyl sites for hydroxylation is 1. The van der Waals surface area contributed by atoms with Crippen molar-refractivity contribution in [3.8, 4) is 0 Å². The molecule has 0 fully saturated rings. The number of urea groups is 1. The lowest BCUT2D eigenvalue weighted by molar-refractivity contribution is 0.0697. The van der Waals surface area contributed by atoms with Gasteiger partial charge in [-0.3, -0.25) is 0 Å². The fourth-order valence-corrected chi connectivity index (χ4v) is 2.34. The van der Waals surface area contributed by atoms with Gasteiger partial charge >= 0.3 is 12.0 Å². The molecule has 2 amide bonds. The summed E-state index contributed by atoms with van der Waals surface area (Å²) in [5, 5.41) is 14.0. The van der Waals surface area contributed by atoms with Gasteiger partial charge in [-0.1, -0.05) is 0 Å². The van der Waals surface area contributed by atoms with Gasteiger partial charge in [-0.05, 0) is 25.1 Å². The number of carbonyl (C=O) groups is 2. The Hall–Kier alpha value is -2.48. The smallest absolute Gasteiger partial charge is 0.337 e. The van der Waals surface area contributed by atoms with Gasteiger partial charge in [-0.25, -0.2) is 19.0 Å². The third-order valence-electron chi connectivity index (χ3n) is 2.71. The number of aromatic nitrogens is 1. The van der Waals surface area contributed by atoms with E-state index in [4.69, 9.17) is 5.11 Å². The van der Waals surface area contributed by atoms with Crippen LogP contribution in [0.3, 0.4) is 0 Å². The molecule has 21 heavy (non-hydrogen) atoms. The summed E-state index contributed by atoms with van der Waals surface area (Å²) in [4.78, 5) is 27.7. The van der Waals surface area contributed by atoms with E-state index in [1.807, 2.05) is 6.92 Å². The van der Waals surface area contributed by atoms with Crippen LogP contribution < -0.4 is 10.6 Å². The van der Waals surface area contributed by atoms with Gasteiger partial charge in [-0.15, -0.1) is 11.3 Å². The molecule has 0 bridgehead atoms. The van der Waals surface area contributed by atoms with Gasteiger partial charge < -0.3 is 15.7 Å². The minimum Gasteiger partial charge on any atom is -0.478 e. The molecule has 1 aromatic carbocycles. The van der Waals surface area contributed by atoms with Crippen LogP contribution in [0.5, 0.6) is 0 Å². The Morgan fingerprint density at radius 3 is 2.81 bits per heavy atom. The van der Waals surface area contributed by atoms with Crippen molar-refractivity contribution < 1.29 is 19.1 Å². The maximum atomic E-state index is 13.0. The topological polar surface area (TPSA) is 91.3 Å². The van der Waals surface area contributed by atoms with Crippen molar-refractivity contribution in [2.75, 3.05) is 5.32 Å². The zero-order chi connectivity index (χ0) is 15.4. The van der Waals surface area contributed by atoms with Gasteiger partial charge in [-0.2, -0.15) is 0 Å². The van der Waals surface area contributed by atoms with Crippen LogP contribution in [0.1, 0.15) is 20.9 Å². The molecule has 0 spiro atoms. The van der Waals surface area contributed by atoms with Gasteiger partial charge in [0.25, 0.3) is 0 Å². The first kappa shape index (κ1) is 14.9. The molecule has 6 nitrogen and oxygen atoms in total. The number of rotatable bonds is 4. The first-order chi connectivity index (χ1) is 9.97. The van der Waals surface area contributed by atoms with Crippen molar-refractivity contribution in [2.45, 2.75) is 13.5 Å². The molecule has 0 unspecified atom stereocenters. The first-order valence-electron chi connectivity index (χ1n) is 5.94. The van der Waals surface area contributed by atoms with E-state index in [0.717, 1.165) is 22.7 Å². The number of amides is 2. The fourth-order valence-electron chi connectivity index (χ4n) is 1.63. The molecular weight excluding hydrogens is 297 g/mol. The molecule has 2 aromatic rings. The summed E-state index contributed by atoms with van der Waals surface area (Å²) in [6.45, 7) is 2.11. The summed E-state index contributed by atoms with van der Waals surface area (Å²) in [5.74, 6) is -2.00. The van der Waals surface area contributed by atoms with Crippen molar-refractivity contribution >= 4 is 29.0 Å². The Labute approximate surface area is 123 Å². The highest BCUT2D eigenvalue weighted by Crippen LogP contribution is 2.17. The summed E-state index contributed by atoms with van der Waals surface area (Å²) in [6, 6.07) is 2.56. The largest absolute Gasteiger partial charge is 0.478 e. The number of hydrogen-bond donors (Lipinski definition) is 3. The van der Waals surface area contributed by atoms with E-state index in [0.29, 0.717) is 0 Å². The zero-order valence-electron chi connectivity index (χ0n) is 11.0. The summed E-state index contributed by atoms with van der Waals surface area (Å²) in [6.07, 6.45) is 0. The second kappa shape index (κ2) is 6.31. The van der Waals surface area contributed by atoms with Crippen LogP contribution >= 0.6 is 11.3 Å². The standard InChI is InChI=1S/C13H12FN3O3S/c1-7-11(21-6-16-7)5-15-13(20)17-10-3-2-8(14)4-9(10)12(18)19/h2-4,6H,5H2,1H3,(H,18,19)(H2,15,17,20). The van der Waals surface area contributed by atoms with Crippen molar-refractivity contribution in [1.82, 2.24) is 10.3 Å². The third-order valence-corrected chi connectivity index (χ3v) is 3.65. The molecule has 0 saturated carbocycles. The SMILES string of the molecule is Cc1ncsc1CNC(=O)Nc1ccc(F)cc1C(=O)O. The number of hydrogen-bond acceptors (Lipinski definition) is 4. The lowest BCUT2D eigenvalue weighted by atomic mass is 10.2. The number of benzene rings is 1. The molecule has 0 aliphatic rings. The maximum Gasteiger partial charge on any atom is 0.337 e. The number of carbonyl (C=O) groups excluding carboxylic acids is 1. The lowest BCUT2D eigenvalue weighted by Gasteiger charge is -2.09. The highest BCUT2D eigenvalue weighted by molar-refractivity contribution is 7.09. The minimum absolute atomic E-state index is 0.0300. The number of nitrogens with one attached hydrogen (secondary N) is 2. The van der Waals surface area contributed by atoms with Gasteiger partial charge in [0.05, 0.1) is 29.0 Å². The minimum atomic E-state index is -1.32. The molecule has 3 N–H and O–H groups in total. The Balaban J connectivity index is 2.03. The number of carboxylic acid groups (broad SMARTS) is 1. The van der Waals surface area contributed by atoms with Gasteiger partial charge in [0, 0.05) is 4.88 Å². The Morgan fingerprint density at radius 2 is 2.19 bits per heavy atom. The van der Waals surface area contributed by atoms with Crippen molar-refractivity contribution in [1.29, 1.82) is 0 Å². The number of halogens is 1. The Kier molecular flexibility index (Phi) is 4.49. The molecule has 8 heteroatoms. The predicted molar refractivity (Wildman–Crippen MR) is 76.1 cm³/mol. The first-order valence-corrected chi connectivity index (χ1v) is 6.82. The van der Waals surface area contributed by atoms with Crippen LogP contribution in [-0.2, 0) is 6.54 Å². The molecule has 2 rings (SSSR count). The van der Waals surface area contributed by atoms with Crippen molar-refractivity contribution in [3.05, 3.63) is 45.7 Å². The van der Waals surface area contributed by atoms with Crippen LogP contribution in [0.25, 0.3) is 0 Å². The predicted octanol–water partition coefficient (Wildman–Crippen LogP) is 2.61. The molecule has 0 saturated heterocycles. The second-order valence-corrected chi connectivity index (χ2v) is 5.10. The molecule has 0 aliphatic heterocycles. The van der Waals surface area contributed by atoms with E-state index in [1.54, 1.807) is 5.51 Å². The summed E-state index contributed by atoms with van der Waals surface area (Å²) in [7, 11) is 0. The molecule has 0 atom stereocenters. The van der Waals surface area contributed by atoms with Crippen LogP contribution in [0.4, 0.5) is 14.9 Å². The number of thiazole rings is 1.